The zero-order valence-electron chi connectivity index (χ0n) is 34.9. The third kappa shape index (κ3) is 6.61. The van der Waals surface area contributed by atoms with E-state index in [0.717, 1.165) is 44.7 Å². The lowest BCUT2D eigenvalue weighted by atomic mass is 9.67. The maximum Gasteiger partial charge on any atom is 0.160 e. The molecule has 9 aromatic carbocycles. The molecule has 0 aromatic heterocycles. The minimum absolute atomic E-state index is 0.412. The van der Waals surface area contributed by atoms with Gasteiger partial charge in [-0.25, -0.2) is 9.98 Å². The smallest absolute Gasteiger partial charge is 0.160 e. The second kappa shape index (κ2) is 16.0. The Bertz CT molecular complexity index is 3210. The number of nitrogens with zero attached hydrogens (tertiary/aromatic N) is 2. The summed E-state index contributed by atoms with van der Waals surface area (Å²) in [5, 5.41) is 0. The van der Waals surface area contributed by atoms with Crippen LogP contribution in [0.2, 0.25) is 0 Å². The van der Waals surface area contributed by atoms with Gasteiger partial charge in [-0.2, -0.15) is 0 Å². The summed E-state index contributed by atoms with van der Waals surface area (Å²) < 4.78 is 0. The molecule has 1 aliphatic carbocycles. The number of fused-ring (bicyclic) bond motifs is 9. The molecule has 1 aliphatic heterocycles. The van der Waals surface area contributed by atoms with E-state index in [1.807, 2.05) is 60.3 Å². The molecule has 0 saturated heterocycles. The van der Waals surface area contributed by atoms with Crippen molar-refractivity contribution in [3.63, 3.8) is 0 Å². The van der Waals surface area contributed by atoms with Gasteiger partial charge in [0.2, 0.25) is 0 Å². The van der Waals surface area contributed by atoms with E-state index >= 15 is 0 Å². The molecule has 1 spiro atoms. The molecular formula is C60H42N2S. The zero-order chi connectivity index (χ0) is 42.3. The highest BCUT2D eigenvalue weighted by Gasteiger charge is 2.50. The molecule has 63 heavy (non-hydrogen) atoms. The van der Waals surface area contributed by atoms with Gasteiger partial charge in [-0.1, -0.05) is 225 Å². The van der Waals surface area contributed by atoms with E-state index in [0.29, 0.717) is 11.5 Å². The van der Waals surface area contributed by atoms with Crippen LogP contribution in [0.1, 0.15) is 45.9 Å². The van der Waals surface area contributed by atoms with Gasteiger partial charge in [0.15, 0.2) is 5.84 Å². The molecular weight excluding hydrogens is 781 g/mol. The molecule has 0 atom stereocenters. The Balaban J connectivity index is 1.01. The fraction of sp³-hybridized carbons (Fsp3) is 0.0333. The molecule has 0 unspecified atom stereocenters. The minimum atomic E-state index is -0.412. The number of benzene rings is 9. The lowest BCUT2D eigenvalue weighted by Crippen LogP contribution is -2.32. The highest BCUT2D eigenvalue weighted by Crippen LogP contribution is 2.62. The van der Waals surface area contributed by atoms with Crippen LogP contribution in [0.5, 0.6) is 0 Å². The van der Waals surface area contributed by atoms with Crippen molar-refractivity contribution in [1.29, 1.82) is 0 Å². The average molecular weight is 823 g/mol. The summed E-state index contributed by atoms with van der Waals surface area (Å²) in [4.78, 5) is 12.9. The van der Waals surface area contributed by atoms with Gasteiger partial charge >= 0.3 is 0 Å². The van der Waals surface area contributed by atoms with E-state index in [-0.39, 0.29) is 0 Å². The molecule has 2 nitrogen and oxygen atoms in total. The summed E-state index contributed by atoms with van der Waals surface area (Å²) in [6.45, 7) is 6.41. The van der Waals surface area contributed by atoms with Crippen molar-refractivity contribution in [3.05, 3.63) is 270 Å². The third-order valence-electron chi connectivity index (χ3n) is 12.5. The topological polar surface area (TPSA) is 24.7 Å². The fourth-order valence-electron chi connectivity index (χ4n) is 9.67. The van der Waals surface area contributed by atoms with Crippen LogP contribution in [0.3, 0.4) is 0 Å². The van der Waals surface area contributed by atoms with Crippen LogP contribution in [-0.4, -0.2) is 11.5 Å². The Labute approximate surface area is 373 Å². The van der Waals surface area contributed by atoms with E-state index in [1.54, 1.807) is 0 Å². The molecule has 0 fully saturated rings. The molecule has 298 valence electrons. The molecule has 11 rings (SSSR count). The molecule has 0 saturated carbocycles. The van der Waals surface area contributed by atoms with E-state index in [2.05, 4.69) is 189 Å². The number of amidine groups is 1. The van der Waals surface area contributed by atoms with E-state index in [9.17, 15) is 0 Å². The monoisotopic (exact) mass is 822 g/mol. The van der Waals surface area contributed by atoms with Crippen molar-refractivity contribution in [2.24, 2.45) is 9.98 Å². The summed E-state index contributed by atoms with van der Waals surface area (Å²) >= 11 is 1.88. The Morgan fingerprint density at radius 1 is 0.413 bits per heavy atom. The normalized spacial score (nSPS) is 13.5. The fourth-order valence-corrected chi connectivity index (χ4v) is 10.8. The van der Waals surface area contributed by atoms with Crippen LogP contribution >= 0.6 is 11.8 Å². The third-order valence-corrected chi connectivity index (χ3v) is 13.7. The molecule has 0 radical (unpaired) electrons. The molecule has 3 heteroatoms. The van der Waals surface area contributed by atoms with Crippen molar-refractivity contribution in [2.45, 2.75) is 22.1 Å². The summed E-state index contributed by atoms with van der Waals surface area (Å²) in [5.74, 6) is 0.619. The van der Waals surface area contributed by atoms with Crippen LogP contribution in [0.15, 0.2) is 251 Å². The van der Waals surface area contributed by atoms with Gasteiger partial charge in [-0.05, 0) is 97.4 Å². The molecule has 0 bridgehead atoms. The van der Waals surface area contributed by atoms with Gasteiger partial charge in [-0.3, -0.25) is 0 Å². The van der Waals surface area contributed by atoms with Crippen LogP contribution < -0.4 is 0 Å². The molecule has 1 heterocycles. The van der Waals surface area contributed by atoms with Gasteiger partial charge in [0.25, 0.3) is 0 Å². The maximum atomic E-state index is 5.27. The second-order valence-corrected chi connectivity index (χ2v) is 17.2. The van der Waals surface area contributed by atoms with E-state index in [4.69, 9.17) is 9.98 Å². The zero-order valence-corrected chi connectivity index (χ0v) is 35.7. The van der Waals surface area contributed by atoms with Crippen molar-refractivity contribution in [1.82, 2.24) is 0 Å². The van der Waals surface area contributed by atoms with Crippen molar-refractivity contribution in [3.8, 4) is 44.5 Å². The predicted octanol–water partition coefficient (Wildman–Crippen LogP) is 15.4. The Morgan fingerprint density at radius 3 is 1.62 bits per heavy atom. The van der Waals surface area contributed by atoms with Gasteiger partial charge in [-0.15, -0.1) is 0 Å². The first-order valence-corrected chi connectivity index (χ1v) is 22.2. The SMILES string of the molecule is C=C(/N=C(\N=C(/C)c1cccc(-c2ccc(-c3ccc4c(c3)C3(c5ccccc5S4)c4ccccc4-c4ccccc43)cc2)c1-c1ccccc1)c1ccccc1)c1ccccc1. The first-order chi connectivity index (χ1) is 31.1. The quantitative estimate of drug-likeness (QED) is 0.116. The Kier molecular flexibility index (Phi) is 9.75. The molecule has 0 N–H and O–H groups in total. The van der Waals surface area contributed by atoms with E-state index in [1.165, 1.54) is 54.3 Å². The number of hydrogen-bond acceptors (Lipinski definition) is 2. The number of aliphatic imine (C=N–C) groups is 2. The summed E-state index contributed by atoms with van der Waals surface area (Å²) in [6, 6.07) is 80.6. The summed E-state index contributed by atoms with van der Waals surface area (Å²) in [6.07, 6.45) is 0. The van der Waals surface area contributed by atoms with Crippen molar-refractivity contribution in [2.75, 3.05) is 0 Å². The highest BCUT2D eigenvalue weighted by molar-refractivity contribution is 7.99. The van der Waals surface area contributed by atoms with Crippen LogP contribution in [-0.2, 0) is 5.41 Å². The maximum absolute atomic E-state index is 5.27. The second-order valence-electron chi connectivity index (χ2n) is 16.1. The highest BCUT2D eigenvalue weighted by atomic mass is 32.2. The Hall–Kier alpha value is -7.59. The van der Waals surface area contributed by atoms with Gasteiger partial charge in [0.1, 0.15) is 0 Å². The lowest BCUT2D eigenvalue weighted by Gasteiger charge is -2.40. The van der Waals surface area contributed by atoms with Crippen LogP contribution in [0.25, 0.3) is 50.2 Å². The van der Waals surface area contributed by atoms with Crippen LogP contribution in [0, 0.1) is 0 Å². The minimum Gasteiger partial charge on any atom is -0.233 e. The number of hydrogen-bond donors (Lipinski definition) is 0. The van der Waals surface area contributed by atoms with Gasteiger partial charge in [0.05, 0.1) is 11.1 Å². The largest absolute Gasteiger partial charge is 0.233 e. The molecule has 0 amide bonds. The van der Waals surface area contributed by atoms with Gasteiger partial charge < -0.3 is 0 Å². The first kappa shape index (κ1) is 38.3. The van der Waals surface area contributed by atoms with E-state index < -0.39 is 5.41 Å². The summed E-state index contributed by atoms with van der Waals surface area (Å²) in [7, 11) is 0. The predicted molar refractivity (Wildman–Crippen MR) is 265 cm³/mol. The number of rotatable bonds is 7. The molecule has 9 aromatic rings. The molecule has 2 aliphatic rings. The summed E-state index contributed by atoms with van der Waals surface area (Å²) in [5.41, 5.74) is 19.0. The first-order valence-electron chi connectivity index (χ1n) is 21.4. The lowest BCUT2D eigenvalue weighted by molar-refractivity contribution is 0.723. The Morgan fingerprint density at radius 2 is 0.937 bits per heavy atom. The van der Waals surface area contributed by atoms with Crippen LogP contribution in [0.4, 0.5) is 0 Å². The average Bonchev–Trinajstić information content (AvgIpc) is 3.65. The van der Waals surface area contributed by atoms with Crippen molar-refractivity contribution >= 4 is 29.0 Å². The van der Waals surface area contributed by atoms with Crippen molar-refractivity contribution < 1.29 is 0 Å². The van der Waals surface area contributed by atoms with Gasteiger partial charge in [0, 0.05) is 26.6 Å². The standard InChI is InChI=1S/C60H42N2S/c1-40(42-19-6-3-7-20-42)61-59(46-23-10-5-11-24-46)62-41(2)48-27-18-28-49(58(48)45-21-8-4-9-22-45)44-35-33-43(34-36-44)47-37-38-57-55(39-47)60(54-31-16-17-32-56(54)63-57)52-29-14-12-25-50(52)51-26-13-15-30-53(51)60/h3-39H,1H2,2H3/b61-59-,62-41+.